The Morgan fingerprint density at radius 1 is 1.21 bits per heavy atom. The zero-order chi connectivity index (χ0) is 16.9. The molecule has 0 unspecified atom stereocenters. The van der Waals surface area contributed by atoms with Gasteiger partial charge in [0.05, 0.1) is 19.8 Å². The van der Waals surface area contributed by atoms with E-state index >= 15 is 0 Å². The van der Waals surface area contributed by atoms with Crippen molar-refractivity contribution in [1.29, 1.82) is 0 Å². The Balaban J connectivity index is 2.23. The first-order valence-corrected chi connectivity index (χ1v) is 8.16. The summed E-state index contributed by atoms with van der Waals surface area (Å²) in [6.45, 7) is 3.94. The summed E-state index contributed by atoms with van der Waals surface area (Å²) in [4.78, 5) is 5.21. The van der Waals surface area contributed by atoms with Gasteiger partial charge < -0.3 is 4.74 Å². The third-order valence-corrected chi connectivity index (χ3v) is 4.22. The van der Waals surface area contributed by atoms with E-state index in [4.69, 9.17) is 14.7 Å². The van der Waals surface area contributed by atoms with Crippen LogP contribution in [0.4, 0.5) is 5.82 Å². The van der Waals surface area contributed by atoms with E-state index in [0.29, 0.717) is 5.88 Å². The van der Waals surface area contributed by atoms with Gasteiger partial charge in [0.1, 0.15) is 5.69 Å². The molecule has 0 saturated heterocycles. The van der Waals surface area contributed by atoms with Crippen LogP contribution in [0, 0.1) is 0 Å². The van der Waals surface area contributed by atoms with Crippen LogP contribution in [-0.2, 0) is 9.57 Å². The monoisotopic (exact) mass is 325 g/mol. The molecule has 5 heteroatoms. The van der Waals surface area contributed by atoms with Crippen LogP contribution in [-0.4, -0.2) is 24.0 Å². The minimum Gasteiger partial charge on any atom is -0.481 e. The summed E-state index contributed by atoms with van der Waals surface area (Å²) in [5.74, 6) is 1.19. The van der Waals surface area contributed by atoms with E-state index in [1.54, 1.807) is 18.9 Å². The van der Waals surface area contributed by atoms with E-state index in [-0.39, 0.29) is 0 Å². The highest BCUT2D eigenvalue weighted by Gasteiger charge is 2.24. The zero-order valence-electron chi connectivity index (χ0n) is 14.2. The van der Waals surface area contributed by atoms with Gasteiger partial charge in [-0.25, -0.2) is 5.48 Å². The Hall–Kier alpha value is -2.53. The van der Waals surface area contributed by atoms with Gasteiger partial charge in [0.2, 0.25) is 5.88 Å². The van der Waals surface area contributed by atoms with E-state index in [1.165, 1.54) is 18.4 Å². The fourth-order valence-corrected chi connectivity index (χ4v) is 3.04. The largest absolute Gasteiger partial charge is 0.481 e. The molecule has 0 bridgehead atoms. The minimum absolute atomic E-state index is 0.439. The highest BCUT2D eigenvalue weighted by molar-refractivity contribution is 5.87. The number of benzene rings is 1. The number of anilines is 1. The Morgan fingerprint density at radius 2 is 2.00 bits per heavy atom. The SMILES string of the molecule is C=C(OC)n1nc(-c2ccccc2)c(C2=CCCCC2)c1NOC. The van der Waals surface area contributed by atoms with Gasteiger partial charge in [0.15, 0.2) is 5.82 Å². The molecule has 0 radical (unpaired) electrons. The molecule has 0 atom stereocenters. The standard InChI is InChI=1S/C19H23N3O2/c1-14(23-2)22-19(21-24-3)17(15-10-6-4-7-11-15)18(20-22)16-12-8-5-9-13-16/h5,8-10,12-13,21H,1,4,6-7,11H2,2-3H3. The third-order valence-electron chi connectivity index (χ3n) is 4.22. The number of nitrogens with zero attached hydrogens (tertiary/aromatic N) is 2. The quantitative estimate of drug-likeness (QED) is 0.625. The van der Waals surface area contributed by atoms with Crippen LogP contribution in [0.5, 0.6) is 0 Å². The van der Waals surface area contributed by atoms with E-state index in [1.807, 2.05) is 18.2 Å². The average molecular weight is 325 g/mol. The maximum atomic E-state index is 5.31. The second-order valence-electron chi connectivity index (χ2n) is 5.73. The molecule has 0 spiro atoms. The summed E-state index contributed by atoms with van der Waals surface area (Å²) in [5, 5.41) is 4.75. The molecular formula is C19H23N3O2. The lowest BCUT2D eigenvalue weighted by Crippen LogP contribution is -2.08. The molecule has 1 N–H and O–H groups in total. The summed E-state index contributed by atoms with van der Waals surface area (Å²) >= 11 is 0. The van der Waals surface area contributed by atoms with E-state index in [0.717, 1.165) is 35.5 Å². The second-order valence-corrected chi connectivity index (χ2v) is 5.73. The highest BCUT2D eigenvalue weighted by Crippen LogP contribution is 2.39. The molecule has 2 aromatic rings. The Morgan fingerprint density at radius 3 is 2.62 bits per heavy atom. The highest BCUT2D eigenvalue weighted by atomic mass is 16.6. The van der Waals surface area contributed by atoms with Gasteiger partial charge in [-0.05, 0) is 37.8 Å². The molecule has 24 heavy (non-hydrogen) atoms. The van der Waals surface area contributed by atoms with E-state index in [9.17, 15) is 0 Å². The van der Waals surface area contributed by atoms with Crippen molar-refractivity contribution in [2.45, 2.75) is 25.7 Å². The smallest absolute Gasteiger partial charge is 0.208 e. The number of methoxy groups -OCH3 is 1. The van der Waals surface area contributed by atoms with Crippen LogP contribution in [0.2, 0.25) is 0 Å². The number of hydrogen-bond donors (Lipinski definition) is 1. The van der Waals surface area contributed by atoms with Crippen molar-refractivity contribution in [2.75, 3.05) is 19.7 Å². The van der Waals surface area contributed by atoms with Crippen molar-refractivity contribution in [3.05, 3.63) is 48.6 Å². The van der Waals surface area contributed by atoms with Gasteiger partial charge in [0.25, 0.3) is 0 Å². The molecule has 1 aliphatic rings. The summed E-state index contributed by atoms with van der Waals surface area (Å²) in [5.41, 5.74) is 7.27. The summed E-state index contributed by atoms with van der Waals surface area (Å²) in [6, 6.07) is 10.2. The van der Waals surface area contributed by atoms with Crippen LogP contribution in [0.3, 0.4) is 0 Å². The lowest BCUT2D eigenvalue weighted by atomic mass is 9.92. The van der Waals surface area contributed by atoms with Crippen molar-refractivity contribution < 1.29 is 9.57 Å². The van der Waals surface area contributed by atoms with Gasteiger partial charge in [-0.1, -0.05) is 36.4 Å². The van der Waals surface area contributed by atoms with E-state index < -0.39 is 0 Å². The zero-order valence-corrected chi connectivity index (χ0v) is 14.2. The number of ether oxygens (including phenoxy) is 1. The molecule has 0 aliphatic heterocycles. The van der Waals surface area contributed by atoms with Crippen molar-refractivity contribution in [3.63, 3.8) is 0 Å². The maximum Gasteiger partial charge on any atom is 0.208 e. The fourth-order valence-electron chi connectivity index (χ4n) is 3.04. The van der Waals surface area contributed by atoms with E-state index in [2.05, 4.69) is 30.3 Å². The van der Waals surface area contributed by atoms with Crippen molar-refractivity contribution in [1.82, 2.24) is 9.78 Å². The number of aromatic nitrogens is 2. The van der Waals surface area contributed by atoms with Gasteiger partial charge in [-0.2, -0.15) is 9.78 Å². The van der Waals surface area contributed by atoms with Crippen molar-refractivity contribution in [2.24, 2.45) is 0 Å². The first-order valence-electron chi connectivity index (χ1n) is 8.16. The molecule has 0 fully saturated rings. The van der Waals surface area contributed by atoms with Gasteiger partial charge in [-0.3, -0.25) is 4.84 Å². The predicted molar refractivity (Wildman–Crippen MR) is 97.1 cm³/mol. The minimum atomic E-state index is 0.439. The second kappa shape index (κ2) is 7.36. The summed E-state index contributed by atoms with van der Waals surface area (Å²) in [6.07, 6.45) is 6.84. The Kier molecular flexibility index (Phi) is 5.01. The van der Waals surface area contributed by atoms with Crippen LogP contribution in [0.1, 0.15) is 31.2 Å². The Labute approximate surface area is 142 Å². The van der Waals surface area contributed by atoms with Crippen LogP contribution in [0.25, 0.3) is 22.7 Å². The van der Waals surface area contributed by atoms with Crippen molar-refractivity contribution >= 4 is 17.3 Å². The number of hydrogen-bond acceptors (Lipinski definition) is 4. The molecular weight excluding hydrogens is 302 g/mol. The lowest BCUT2D eigenvalue weighted by molar-refractivity contribution is 0.264. The van der Waals surface area contributed by atoms with Crippen LogP contribution < -0.4 is 5.48 Å². The molecule has 0 saturated carbocycles. The van der Waals surface area contributed by atoms with Gasteiger partial charge in [-0.15, -0.1) is 0 Å². The fraction of sp³-hybridized carbons (Fsp3) is 0.316. The van der Waals surface area contributed by atoms with Gasteiger partial charge >= 0.3 is 0 Å². The topological polar surface area (TPSA) is 48.3 Å². The number of allylic oxidation sites excluding steroid dienone is 2. The van der Waals surface area contributed by atoms with Crippen LogP contribution >= 0.6 is 0 Å². The third kappa shape index (κ3) is 3.08. The molecule has 0 amide bonds. The first kappa shape index (κ1) is 16.3. The average Bonchev–Trinajstić information content (AvgIpc) is 3.02. The van der Waals surface area contributed by atoms with Crippen LogP contribution in [0.15, 0.2) is 43.0 Å². The predicted octanol–water partition coefficient (Wildman–Crippen LogP) is 4.56. The summed E-state index contributed by atoms with van der Waals surface area (Å²) < 4.78 is 6.97. The number of nitrogens with one attached hydrogen (secondary N) is 1. The Bertz CT molecular complexity index is 747. The normalized spacial score (nSPS) is 14.2. The van der Waals surface area contributed by atoms with Crippen molar-refractivity contribution in [3.8, 4) is 11.3 Å². The molecule has 1 heterocycles. The first-order chi connectivity index (χ1) is 11.8. The summed E-state index contributed by atoms with van der Waals surface area (Å²) in [7, 11) is 3.18. The molecule has 3 rings (SSSR count). The molecule has 126 valence electrons. The molecule has 1 aromatic heterocycles. The van der Waals surface area contributed by atoms with Gasteiger partial charge in [0, 0.05) is 5.56 Å². The maximum absolute atomic E-state index is 5.31. The molecule has 1 aromatic carbocycles. The molecule has 1 aliphatic carbocycles. The lowest BCUT2D eigenvalue weighted by Gasteiger charge is -2.16. The number of rotatable bonds is 6. The molecule has 5 nitrogen and oxygen atoms in total.